The third-order valence-electron chi connectivity index (χ3n) is 1.71. The smallest absolute Gasteiger partial charge is 0.0694 e. The third-order valence-corrected chi connectivity index (χ3v) is 1.99. The maximum Gasteiger partial charge on any atom is 0.0694 e. The lowest BCUT2D eigenvalue weighted by Crippen LogP contribution is -1.79. The van der Waals surface area contributed by atoms with Crippen molar-refractivity contribution in [2.45, 2.75) is 5.88 Å². The first kappa shape index (κ1) is 9.36. The zero-order valence-corrected chi connectivity index (χ0v) is 7.82. The van der Waals surface area contributed by atoms with Crippen molar-refractivity contribution in [1.82, 2.24) is 10.2 Å². The number of nitrogens with one attached hydrogen (secondary N) is 1. The first-order chi connectivity index (χ1) is 5.42. The van der Waals surface area contributed by atoms with Crippen LogP contribution in [0.15, 0.2) is 24.4 Å². The fraction of sp³-hybridized carbons (Fsp3) is 0.125. The van der Waals surface area contributed by atoms with Crippen molar-refractivity contribution in [3.8, 4) is 0 Å². The van der Waals surface area contributed by atoms with Crippen molar-refractivity contribution in [2.75, 3.05) is 0 Å². The number of halogens is 2. The average molecular weight is 203 g/mol. The molecule has 12 heavy (non-hydrogen) atoms. The molecule has 2 rings (SSSR count). The van der Waals surface area contributed by atoms with Crippen molar-refractivity contribution in [1.29, 1.82) is 0 Å². The van der Waals surface area contributed by atoms with Crippen LogP contribution in [0.25, 0.3) is 10.9 Å². The molecule has 0 fully saturated rings. The lowest BCUT2D eigenvalue weighted by Gasteiger charge is -1.94. The minimum absolute atomic E-state index is 0. The van der Waals surface area contributed by atoms with Crippen LogP contribution in [0.2, 0.25) is 0 Å². The Morgan fingerprint density at radius 2 is 2.25 bits per heavy atom. The summed E-state index contributed by atoms with van der Waals surface area (Å²) in [6.07, 6.45) is 1.80. The van der Waals surface area contributed by atoms with E-state index in [0.29, 0.717) is 5.88 Å². The van der Waals surface area contributed by atoms with Crippen molar-refractivity contribution in [3.63, 3.8) is 0 Å². The highest BCUT2D eigenvalue weighted by atomic mass is 35.5. The number of para-hydroxylation sites is 1. The largest absolute Gasteiger partial charge is 0.278 e. The molecular weight excluding hydrogens is 195 g/mol. The highest BCUT2D eigenvalue weighted by Crippen LogP contribution is 2.16. The van der Waals surface area contributed by atoms with Crippen LogP contribution in [0, 0.1) is 0 Å². The average Bonchev–Trinajstić information content (AvgIpc) is 2.50. The molecule has 0 aliphatic rings. The number of H-pyrrole nitrogens is 1. The van der Waals surface area contributed by atoms with Gasteiger partial charge in [0, 0.05) is 11.3 Å². The molecule has 0 aliphatic heterocycles. The molecule has 4 heteroatoms. The highest BCUT2D eigenvalue weighted by Gasteiger charge is 1.99. The molecule has 1 heterocycles. The van der Waals surface area contributed by atoms with E-state index in [0.717, 1.165) is 16.5 Å². The number of benzene rings is 1. The summed E-state index contributed by atoms with van der Waals surface area (Å²) in [5, 5.41) is 7.94. The number of rotatable bonds is 1. The summed E-state index contributed by atoms with van der Waals surface area (Å²) in [5.41, 5.74) is 2.14. The van der Waals surface area contributed by atoms with Crippen molar-refractivity contribution in [3.05, 3.63) is 30.0 Å². The summed E-state index contributed by atoms with van der Waals surface area (Å²) in [6, 6.07) is 5.98. The summed E-state index contributed by atoms with van der Waals surface area (Å²) in [4.78, 5) is 0. The fourth-order valence-corrected chi connectivity index (χ4v) is 1.36. The van der Waals surface area contributed by atoms with E-state index < -0.39 is 0 Å². The van der Waals surface area contributed by atoms with Gasteiger partial charge in [-0.3, -0.25) is 5.10 Å². The molecule has 0 amide bonds. The zero-order valence-electron chi connectivity index (χ0n) is 6.25. The topological polar surface area (TPSA) is 28.7 Å². The Morgan fingerprint density at radius 3 is 3.00 bits per heavy atom. The SMILES string of the molecule is Cl.ClCc1cccc2cn[nH]c12. The molecule has 0 unspecified atom stereocenters. The number of hydrogen-bond donors (Lipinski definition) is 1. The molecule has 0 saturated carbocycles. The van der Waals surface area contributed by atoms with Crippen LogP contribution in [0.5, 0.6) is 0 Å². The molecular formula is C8H8Cl2N2. The number of aromatic nitrogens is 2. The Balaban J connectivity index is 0.000000720. The maximum absolute atomic E-state index is 5.72. The minimum atomic E-state index is 0. The van der Waals surface area contributed by atoms with Gasteiger partial charge in [0.25, 0.3) is 0 Å². The predicted molar refractivity (Wildman–Crippen MR) is 52.9 cm³/mol. The summed E-state index contributed by atoms with van der Waals surface area (Å²) < 4.78 is 0. The van der Waals surface area contributed by atoms with E-state index in [1.807, 2.05) is 18.2 Å². The molecule has 0 spiro atoms. The molecule has 0 saturated heterocycles. The number of nitrogens with zero attached hydrogens (tertiary/aromatic N) is 1. The van der Waals surface area contributed by atoms with Crippen molar-refractivity contribution >= 4 is 34.9 Å². The molecule has 2 nitrogen and oxygen atoms in total. The summed E-state index contributed by atoms with van der Waals surface area (Å²) in [7, 11) is 0. The highest BCUT2D eigenvalue weighted by molar-refractivity contribution is 6.17. The van der Waals surface area contributed by atoms with Gasteiger partial charge in [-0.2, -0.15) is 5.10 Å². The van der Waals surface area contributed by atoms with Crippen molar-refractivity contribution < 1.29 is 0 Å². The van der Waals surface area contributed by atoms with E-state index >= 15 is 0 Å². The summed E-state index contributed by atoms with van der Waals surface area (Å²) in [5.74, 6) is 0.527. The molecule has 1 aromatic heterocycles. The van der Waals surface area contributed by atoms with Crippen LogP contribution in [-0.2, 0) is 5.88 Å². The Kier molecular flexibility index (Phi) is 2.95. The van der Waals surface area contributed by atoms with E-state index in [1.54, 1.807) is 6.20 Å². The normalized spacial score (nSPS) is 9.75. The van der Waals surface area contributed by atoms with Crippen LogP contribution in [0.3, 0.4) is 0 Å². The van der Waals surface area contributed by atoms with E-state index in [9.17, 15) is 0 Å². The van der Waals surface area contributed by atoms with Gasteiger partial charge >= 0.3 is 0 Å². The number of fused-ring (bicyclic) bond motifs is 1. The first-order valence-corrected chi connectivity index (χ1v) is 3.92. The Bertz CT molecular complexity index is 370. The van der Waals surface area contributed by atoms with Crippen LogP contribution in [0.1, 0.15) is 5.56 Å². The minimum Gasteiger partial charge on any atom is -0.278 e. The monoisotopic (exact) mass is 202 g/mol. The molecule has 2 aromatic rings. The predicted octanol–water partition coefficient (Wildman–Crippen LogP) is 2.72. The second kappa shape index (κ2) is 3.78. The molecule has 1 aromatic carbocycles. The third kappa shape index (κ3) is 1.40. The number of hydrogen-bond acceptors (Lipinski definition) is 1. The standard InChI is InChI=1S/C8H7ClN2.ClH/c9-4-6-2-1-3-7-5-10-11-8(6)7;/h1-3,5H,4H2,(H,10,11);1H. The van der Waals surface area contributed by atoms with Gasteiger partial charge in [0.2, 0.25) is 0 Å². The fourth-order valence-electron chi connectivity index (χ4n) is 1.14. The van der Waals surface area contributed by atoms with Crippen LogP contribution >= 0.6 is 24.0 Å². The van der Waals surface area contributed by atoms with Gasteiger partial charge in [-0.25, -0.2) is 0 Å². The van der Waals surface area contributed by atoms with E-state index in [2.05, 4.69) is 10.2 Å². The Morgan fingerprint density at radius 1 is 1.42 bits per heavy atom. The Labute approximate surface area is 81.3 Å². The second-order valence-corrected chi connectivity index (χ2v) is 2.65. The van der Waals surface area contributed by atoms with Gasteiger partial charge in [-0.1, -0.05) is 18.2 Å². The van der Waals surface area contributed by atoms with E-state index in [4.69, 9.17) is 11.6 Å². The molecule has 0 atom stereocenters. The van der Waals surface area contributed by atoms with Gasteiger partial charge in [-0.05, 0) is 5.56 Å². The van der Waals surface area contributed by atoms with Crippen molar-refractivity contribution in [2.24, 2.45) is 0 Å². The van der Waals surface area contributed by atoms with E-state index in [1.165, 1.54) is 0 Å². The summed E-state index contributed by atoms with van der Waals surface area (Å²) in [6.45, 7) is 0. The molecule has 1 N–H and O–H groups in total. The lowest BCUT2D eigenvalue weighted by molar-refractivity contribution is 1.11. The van der Waals surface area contributed by atoms with Gasteiger partial charge in [0.1, 0.15) is 0 Å². The second-order valence-electron chi connectivity index (χ2n) is 2.38. The molecule has 64 valence electrons. The molecule has 0 radical (unpaired) electrons. The maximum atomic E-state index is 5.72. The Hall–Kier alpha value is -0.730. The van der Waals surface area contributed by atoms with E-state index in [-0.39, 0.29) is 12.4 Å². The van der Waals surface area contributed by atoms with Crippen LogP contribution in [-0.4, -0.2) is 10.2 Å². The first-order valence-electron chi connectivity index (χ1n) is 3.39. The van der Waals surface area contributed by atoms with Crippen LogP contribution < -0.4 is 0 Å². The quantitative estimate of drug-likeness (QED) is 0.709. The zero-order chi connectivity index (χ0) is 7.68. The summed E-state index contributed by atoms with van der Waals surface area (Å²) >= 11 is 5.72. The van der Waals surface area contributed by atoms with Gasteiger partial charge in [0.15, 0.2) is 0 Å². The molecule has 0 bridgehead atoms. The molecule has 0 aliphatic carbocycles. The number of aromatic amines is 1. The number of alkyl halides is 1. The van der Waals surface area contributed by atoms with Gasteiger partial charge in [-0.15, -0.1) is 24.0 Å². The lowest BCUT2D eigenvalue weighted by atomic mass is 10.2. The van der Waals surface area contributed by atoms with Crippen LogP contribution in [0.4, 0.5) is 0 Å². The van der Waals surface area contributed by atoms with Gasteiger partial charge < -0.3 is 0 Å². The van der Waals surface area contributed by atoms with Gasteiger partial charge in [0.05, 0.1) is 11.7 Å².